The average molecular weight is 345 g/mol. The molecule has 1 fully saturated rings. The number of halogens is 2. The fraction of sp³-hybridized carbons (Fsp3) is 0.286. The SMILES string of the molecule is CCN1C(=O)/C(=C/c2cc(Cl)cc(Cl)c2OC)N(C)C1=S. The number of hydrogen-bond donors (Lipinski definition) is 0. The number of thiocarbonyl (C=S) groups is 1. The van der Waals surface area contributed by atoms with Gasteiger partial charge in [0.1, 0.15) is 11.4 Å². The third-order valence-electron chi connectivity index (χ3n) is 3.19. The first-order valence-corrected chi connectivity index (χ1v) is 7.41. The number of hydrogen-bond acceptors (Lipinski definition) is 3. The minimum atomic E-state index is -0.150. The molecule has 1 heterocycles. The van der Waals surface area contributed by atoms with Gasteiger partial charge in [0.05, 0.1) is 12.1 Å². The van der Waals surface area contributed by atoms with Gasteiger partial charge in [-0.25, -0.2) is 0 Å². The topological polar surface area (TPSA) is 32.8 Å². The van der Waals surface area contributed by atoms with Crippen LogP contribution in [0.4, 0.5) is 0 Å². The van der Waals surface area contributed by atoms with Gasteiger partial charge in [-0.1, -0.05) is 23.2 Å². The summed E-state index contributed by atoms with van der Waals surface area (Å²) in [5.74, 6) is 0.318. The summed E-state index contributed by atoms with van der Waals surface area (Å²) < 4.78 is 5.28. The smallest absolute Gasteiger partial charge is 0.276 e. The van der Waals surface area contributed by atoms with E-state index in [1.165, 1.54) is 12.0 Å². The second-order valence-electron chi connectivity index (χ2n) is 4.43. The van der Waals surface area contributed by atoms with Gasteiger partial charge in [-0.15, -0.1) is 0 Å². The number of likely N-dealkylation sites (N-methyl/N-ethyl adjacent to an activating group) is 2. The van der Waals surface area contributed by atoms with Crippen molar-refractivity contribution in [2.45, 2.75) is 6.92 Å². The Balaban J connectivity index is 2.54. The van der Waals surface area contributed by atoms with Crippen LogP contribution in [-0.4, -0.2) is 41.5 Å². The highest BCUT2D eigenvalue weighted by atomic mass is 35.5. The van der Waals surface area contributed by atoms with E-state index in [4.69, 9.17) is 40.2 Å². The Morgan fingerprint density at radius 2 is 2.05 bits per heavy atom. The molecule has 1 aromatic carbocycles. The molecule has 0 radical (unpaired) electrons. The normalized spacial score (nSPS) is 17.1. The summed E-state index contributed by atoms with van der Waals surface area (Å²) in [6.45, 7) is 2.39. The summed E-state index contributed by atoms with van der Waals surface area (Å²) in [5.41, 5.74) is 1.09. The first kappa shape index (κ1) is 16.1. The number of methoxy groups -OCH3 is 1. The van der Waals surface area contributed by atoms with Crippen LogP contribution < -0.4 is 4.74 Å². The van der Waals surface area contributed by atoms with E-state index in [9.17, 15) is 4.79 Å². The van der Waals surface area contributed by atoms with Crippen molar-refractivity contribution in [1.29, 1.82) is 0 Å². The van der Waals surface area contributed by atoms with Crippen LogP contribution in [0.5, 0.6) is 5.75 Å². The van der Waals surface area contributed by atoms with Gasteiger partial charge in [-0.3, -0.25) is 9.69 Å². The standard InChI is InChI=1S/C14H14Cl2N2O2S/c1-4-18-13(19)11(17(2)14(18)21)6-8-5-9(15)7-10(16)12(8)20-3/h5-7H,4H2,1-3H3/b11-6-. The maximum atomic E-state index is 12.4. The van der Waals surface area contributed by atoms with Crippen molar-refractivity contribution in [2.24, 2.45) is 0 Å². The molecule has 1 amide bonds. The van der Waals surface area contributed by atoms with Crippen LogP contribution in [0, 0.1) is 0 Å². The zero-order chi connectivity index (χ0) is 15.7. The lowest BCUT2D eigenvalue weighted by Crippen LogP contribution is -2.30. The molecule has 1 aliphatic heterocycles. The molecule has 21 heavy (non-hydrogen) atoms. The van der Waals surface area contributed by atoms with Crippen LogP contribution in [0.25, 0.3) is 6.08 Å². The van der Waals surface area contributed by atoms with Crippen LogP contribution >= 0.6 is 35.4 Å². The van der Waals surface area contributed by atoms with Gasteiger partial charge in [0.15, 0.2) is 5.11 Å². The number of rotatable bonds is 3. The van der Waals surface area contributed by atoms with Crippen LogP contribution in [0.2, 0.25) is 10.0 Å². The van der Waals surface area contributed by atoms with Crippen molar-refractivity contribution in [3.63, 3.8) is 0 Å². The van der Waals surface area contributed by atoms with E-state index in [-0.39, 0.29) is 5.91 Å². The second-order valence-corrected chi connectivity index (χ2v) is 5.64. The van der Waals surface area contributed by atoms with Gasteiger partial charge in [-0.2, -0.15) is 0 Å². The molecule has 0 atom stereocenters. The molecule has 0 aliphatic carbocycles. The molecule has 0 aromatic heterocycles. The van der Waals surface area contributed by atoms with Crippen molar-refractivity contribution >= 4 is 52.5 Å². The fourth-order valence-electron chi connectivity index (χ4n) is 2.14. The third kappa shape index (κ3) is 2.86. The Bertz CT molecular complexity index is 646. The summed E-state index contributed by atoms with van der Waals surface area (Å²) in [7, 11) is 3.26. The molecule has 112 valence electrons. The summed E-state index contributed by atoms with van der Waals surface area (Å²) in [5, 5.41) is 1.33. The zero-order valence-corrected chi connectivity index (χ0v) is 14.1. The molecule has 0 saturated carbocycles. The molecule has 0 unspecified atom stereocenters. The lowest BCUT2D eigenvalue weighted by Gasteiger charge is -2.14. The number of carbonyl (C=O) groups is 1. The largest absolute Gasteiger partial charge is 0.495 e. The molecule has 4 nitrogen and oxygen atoms in total. The number of nitrogens with zero attached hydrogens (tertiary/aromatic N) is 2. The van der Waals surface area contributed by atoms with E-state index in [0.29, 0.717) is 38.7 Å². The van der Waals surface area contributed by atoms with Crippen molar-refractivity contribution in [3.05, 3.63) is 33.4 Å². The zero-order valence-electron chi connectivity index (χ0n) is 11.8. The maximum Gasteiger partial charge on any atom is 0.276 e. The van der Waals surface area contributed by atoms with E-state index in [0.717, 1.165) is 0 Å². The van der Waals surface area contributed by atoms with E-state index in [1.54, 1.807) is 30.2 Å². The van der Waals surface area contributed by atoms with E-state index in [1.807, 2.05) is 6.92 Å². The van der Waals surface area contributed by atoms with Crippen molar-refractivity contribution < 1.29 is 9.53 Å². The van der Waals surface area contributed by atoms with Crippen LogP contribution in [-0.2, 0) is 4.79 Å². The van der Waals surface area contributed by atoms with Crippen LogP contribution in [0.1, 0.15) is 12.5 Å². The van der Waals surface area contributed by atoms with Crippen molar-refractivity contribution in [3.8, 4) is 5.75 Å². The first-order valence-electron chi connectivity index (χ1n) is 6.25. The summed E-state index contributed by atoms with van der Waals surface area (Å²) in [6.07, 6.45) is 1.68. The Morgan fingerprint density at radius 1 is 1.38 bits per heavy atom. The molecule has 0 bridgehead atoms. The highest BCUT2D eigenvalue weighted by molar-refractivity contribution is 7.80. The van der Waals surface area contributed by atoms with Gasteiger partial charge in [0, 0.05) is 24.2 Å². The van der Waals surface area contributed by atoms with E-state index < -0.39 is 0 Å². The fourth-order valence-corrected chi connectivity index (χ4v) is 3.04. The highest BCUT2D eigenvalue weighted by Crippen LogP contribution is 2.34. The number of amides is 1. The molecule has 7 heteroatoms. The summed E-state index contributed by atoms with van der Waals surface area (Å²) >= 11 is 17.4. The molecular formula is C14H14Cl2N2O2S. The minimum Gasteiger partial charge on any atom is -0.495 e. The van der Waals surface area contributed by atoms with Gasteiger partial charge in [-0.05, 0) is 37.4 Å². The Hall–Kier alpha value is -1.30. The monoisotopic (exact) mass is 344 g/mol. The molecule has 1 aliphatic rings. The van der Waals surface area contributed by atoms with Gasteiger partial charge < -0.3 is 9.64 Å². The predicted octanol–water partition coefficient (Wildman–Crippen LogP) is 3.42. The number of ether oxygens (including phenoxy) is 1. The number of carbonyl (C=O) groups excluding carboxylic acids is 1. The minimum absolute atomic E-state index is 0.150. The number of benzene rings is 1. The highest BCUT2D eigenvalue weighted by Gasteiger charge is 2.34. The van der Waals surface area contributed by atoms with Gasteiger partial charge in [0.2, 0.25) is 0 Å². The van der Waals surface area contributed by atoms with Crippen molar-refractivity contribution in [2.75, 3.05) is 20.7 Å². The third-order valence-corrected chi connectivity index (χ3v) is 4.19. The summed E-state index contributed by atoms with van der Waals surface area (Å²) in [6, 6.07) is 3.28. The molecule has 1 saturated heterocycles. The lowest BCUT2D eigenvalue weighted by molar-refractivity contribution is -0.122. The van der Waals surface area contributed by atoms with Crippen LogP contribution in [0.15, 0.2) is 17.8 Å². The average Bonchev–Trinajstić information content (AvgIpc) is 2.62. The van der Waals surface area contributed by atoms with Gasteiger partial charge >= 0.3 is 0 Å². The van der Waals surface area contributed by atoms with E-state index >= 15 is 0 Å². The molecule has 0 N–H and O–H groups in total. The Morgan fingerprint density at radius 3 is 2.57 bits per heavy atom. The second kappa shape index (κ2) is 6.22. The maximum absolute atomic E-state index is 12.4. The van der Waals surface area contributed by atoms with E-state index in [2.05, 4.69) is 0 Å². The quantitative estimate of drug-likeness (QED) is 0.621. The lowest BCUT2D eigenvalue weighted by atomic mass is 10.1. The van der Waals surface area contributed by atoms with Crippen molar-refractivity contribution in [1.82, 2.24) is 9.80 Å². The first-order chi connectivity index (χ1) is 9.90. The Labute approximate surface area is 138 Å². The van der Waals surface area contributed by atoms with Crippen LogP contribution in [0.3, 0.4) is 0 Å². The molecular weight excluding hydrogens is 331 g/mol. The molecule has 0 spiro atoms. The summed E-state index contributed by atoms with van der Waals surface area (Å²) in [4.78, 5) is 15.5. The predicted molar refractivity (Wildman–Crippen MR) is 88.7 cm³/mol. The van der Waals surface area contributed by atoms with Gasteiger partial charge in [0.25, 0.3) is 5.91 Å². The Kier molecular flexibility index (Phi) is 4.76. The molecule has 2 rings (SSSR count). The molecule has 1 aromatic rings.